The molecule has 1 atom stereocenters. The van der Waals surface area contributed by atoms with Crippen molar-refractivity contribution >= 4 is 5.91 Å². The van der Waals surface area contributed by atoms with Crippen LogP contribution in [-0.2, 0) is 17.7 Å². The molecule has 0 radical (unpaired) electrons. The highest BCUT2D eigenvalue weighted by Gasteiger charge is 2.27. The van der Waals surface area contributed by atoms with E-state index in [9.17, 15) is 4.79 Å². The van der Waals surface area contributed by atoms with Crippen LogP contribution in [0.25, 0.3) is 0 Å². The van der Waals surface area contributed by atoms with Gasteiger partial charge in [-0.2, -0.15) is 5.10 Å². The first kappa shape index (κ1) is 17.3. The van der Waals surface area contributed by atoms with Crippen LogP contribution >= 0.6 is 0 Å². The van der Waals surface area contributed by atoms with Crippen molar-refractivity contribution in [1.29, 1.82) is 0 Å². The van der Waals surface area contributed by atoms with Crippen LogP contribution in [0.3, 0.4) is 0 Å². The van der Waals surface area contributed by atoms with Gasteiger partial charge in [0.15, 0.2) is 0 Å². The lowest BCUT2D eigenvalue weighted by Crippen LogP contribution is -2.43. The lowest BCUT2D eigenvalue weighted by molar-refractivity contribution is 0.0117. The summed E-state index contributed by atoms with van der Waals surface area (Å²) in [7, 11) is 0. The molecule has 140 valence electrons. The number of amides is 1. The first-order valence-corrected chi connectivity index (χ1v) is 9.43. The fourth-order valence-corrected chi connectivity index (χ4v) is 3.83. The van der Waals surface area contributed by atoms with Crippen molar-refractivity contribution in [2.24, 2.45) is 0 Å². The van der Waals surface area contributed by atoms with Crippen LogP contribution in [0.4, 0.5) is 0 Å². The van der Waals surface area contributed by atoms with Gasteiger partial charge in [-0.1, -0.05) is 0 Å². The van der Waals surface area contributed by atoms with Crippen LogP contribution in [0.5, 0.6) is 0 Å². The van der Waals surface area contributed by atoms with Gasteiger partial charge in [0.05, 0.1) is 36.7 Å². The van der Waals surface area contributed by atoms with Crippen molar-refractivity contribution in [2.45, 2.75) is 38.8 Å². The molecule has 0 spiro atoms. The van der Waals surface area contributed by atoms with E-state index in [-0.39, 0.29) is 11.9 Å². The van der Waals surface area contributed by atoms with E-state index in [1.54, 1.807) is 6.20 Å². The fourth-order valence-electron chi connectivity index (χ4n) is 3.83. The number of hydrogen-bond donors (Lipinski definition) is 1. The average molecular weight is 358 g/mol. The molecule has 0 bridgehead atoms. The average Bonchev–Trinajstić information content (AvgIpc) is 3.29. The molecule has 2 aliphatic heterocycles. The summed E-state index contributed by atoms with van der Waals surface area (Å²) >= 11 is 0. The van der Waals surface area contributed by atoms with Crippen LogP contribution in [0, 0.1) is 6.92 Å². The largest absolute Gasteiger partial charge is 0.465 e. The SMILES string of the molecule is Cc1ccc([C@@H](CNC(=O)c2cnn3c2CCCC3)N2CCOCC2)o1. The second kappa shape index (κ2) is 7.63. The van der Waals surface area contributed by atoms with Crippen molar-refractivity contribution in [3.63, 3.8) is 0 Å². The predicted octanol–water partition coefficient (Wildman–Crippen LogP) is 1.92. The molecular weight excluding hydrogens is 332 g/mol. The molecule has 2 aromatic rings. The third kappa shape index (κ3) is 3.54. The predicted molar refractivity (Wildman–Crippen MR) is 96.1 cm³/mol. The van der Waals surface area contributed by atoms with Gasteiger partial charge in [-0.3, -0.25) is 14.4 Å². The summed E-state index contributed by atoms with van der Waals surface area (Å²) in [4.78, 5) is 15.1. The third-order valence-electron chi connectivity index (χ3n) is 5.26. The Hall–Kier alpha value is -2.12. The highest BCUT2D eigenvalue weighted by atomic mass is 16.5. The number of hydrogen-bond acceptors (Lipinski definition) is 5. The van der Waals surface area contributed by atoms with Crippen LogP contribution < -0.4 is 5.32 Å². The van der Waals surface area contributed by atoms with Crippen molar-refractivity contribution in [3.05, 3.63) is 41.1 Å². The number of nitrogens with one attached hydrogen (secondary N) is 1. The minimum atomic E-state index is -0.0466. The molecule has 1 N–H and O–H groups in total. The number of aryl methyl sites for hydroxylation is 2. The summed E-state index contributed by atoms with van der Waals surface area (Å²) < 4.78 is 13.3. The maximum atomic E-state index is 12.8. The van der Waals surface area contributed by atoms with Crippen LogP contribution in [0.2, 0.25) is 0 Å². The molecule has 2 aliphatic rings. The van der Waals surface area contributed by atoms with Gasteiger partial charge in [-0.15, -0.1) is 0 Å². The van der Waals surface area contributed by atoms with Crippen LogP contribution in [0.15, 0.2) is 22.7 Å². The minimum absolute atomic E-state index is 0.0166. The van der Waals surface area contributed by atoms with E-state index < -0.39 is 0 Å². The lowest BCUT2D eigenvalue weighted by Gasteiger charge is -2.33. The first-order valence-electron chi connectivity index (χ1n) is 9.43. The molecule has 4 heterocycles. The van der Waals surface area contributed by atoms with Crippen molar-refractivity contribution in [2.75, 3.05) is 32.8 Å². The summed E-state index contributed by atoms with van der Waals surface area (Å²) in [6.07, 6.45) is 4.88. The van der Waals surface area contributed by atoms with Gasteiger partial charge >= 0.3 is 0 Å². The number of morpholine rings is 1. The van der Waals surface area contributed by atoms with Gasteiger partial charge in [0.1, 0.15) is 11.5 Å². The Balaban J connectivity index is 1.47. The Bertz CT molecular complexity index is 761. The molecule has 26 heavy (non-hydrogen) atoms. The number of fused-ring (bicyclic) bond motifs is 1. The summed E-state index contributed by atoms with van der Waals surface area (Å²) in [5.41, 5.74) is 1.77. The zero-order valence-corrected chi connectivity index (χ0v) is 15.2. The molecule has 0 saturated carbocycles. The van der Waals surface area contributed by atoms with Crippen molar-refractivity contribution in [3.8, 4) is 0 Å². The molecule has 1 amide bonds. The molecule has 0 unspecified atom stereocenters. The van der Waals surface area contributed by atoms with E-state index in [1.807, 2.05) is 23.7 Å². The van der Waals surface area contributed by atoms with Crippen molar-refractivity contribution < 1.29 is 13.9 Å². The van der Waals surface area contributed by atoms with Crippen molar-refractivity contribution in [1.82, 2.24) is 20.0 Å². The van der Waals surface area contributed by atoms with E-state index in [4.69, 9.17) is 9.15 Å². The lowest BCUT2D eigenvalue weighted by atomic mass is 10.1. The standard InChI is InChI=1S/C19H26N4O3/c1-14-5-6-18(26-14)17(22-8-10-25-11-9-22)13-20-19(24)15-12-21-23-7-3-2-4-16(15)23/h5-6,12,17H,2-4,7-11,13H2,1H3,(H,20,24)/t17-/m1/s1. The van der Waals surface area contributed by atoms with Gasteiger partial charge < -0.3 is 14.5 Å². The van der Waals surface area contributed by atoms with Gasteiger partial charge in [-0.25, -0.2) is 0 Å². The molecular formula is C19H26N4O3. The highest BCUT2D eigenvalue weighted by molar-refractivity contribution is 5.95. The summed E-state index contributed by atoms with van der Waals surface area (Å²) in [6.45, 7) is 6.45. The number of ether oxygens (including phenoxy) is 1. The molecule has 1 fully saturated rings. The highest BCUT2D eigenvalue weighted by Crippen LogP contribution is 2.24. The molecule has 7 nitrogen and oxygen atoms in total. The Kier molecular flexibility index (Phi) is 5.08. The molecule has 0 aliphatic carbocycles. The second-order valence-corrected chi connectivity index (χ2v) is 7.01. The Morgan fingerprint density at radius 3 is 2.88 bits per heavy atom. The summed E-state index contributed by atoms with van der Waals surface area (Å²) in [5.74, 6) is 1.73. The topological polar surface area (TPSA) is 72.5 Å². The first-order chi connectivity index (χ1) is 12.7. The van der Waals surface area contributed by atoms with Gasteiger partial charge in [0.25, 0.3) is 5.91 Å². The monoisotopic (exact) mass is 358 g/mol. The van der Waals surface area contributed by atoms with Gasteiger partial charge in [0.2, 0.25) is 0 Å². The quantitative estimate of drug-likeness (QED) is 0.884. The van der Waals surface area contributed by atoms with Gasteiger partial charge in [0, 0.05) is 26.2 Å². The zero-order chi connectivity index (χ0) is 17.9. The maximum Gasteiger partial charge on any atom is 0.254 e. The molecule has 4 rings (SSSR count). The Morgan fingerprint density at radius 2 is 2.12 bits per heavy atom. The summed E-state index contributed by atoms with van der Waals surface area (Å²) in [6, 6.07) is 3.99. The maximum absolute atomic E-state index is 12.8. The second-order valence-electron chi connectivity index (χ2n) is 7.01. The van der Waals surface area contributed by atoms with E-state index in [0.29, 0.717) is 25.3 Å². The van der Waals surface area contributed by atoms with Crippen LogP contribution in [-0.4, -0.2) is 53.4 Å². The Labute approximate surface area is 153 Å². The number of nitrogens with zero attached hydrogens (tertiary/aromatic N) is 3. The van der Waals surface area contributed by atoms with E-state index >= 15 is 0 Å². The number of aromatic nitrogens is 2. The van der Waals surface area contributed by atoms with Crippen LogP contribution in [0.1, 0.15) is 46.5 Å². The van der Waals surface area contributed by atoms with E-state index in [2.05, 4.69) is 15.3 Å². The molecule has 0 aromatic carbocycles. The Morgan fingerprint density at radius 1 is 1.27 bits per heavy atom. The number of carbonyl (C=O) groups is 1. The zero-order valence-electron chi connectivity index (χ0n) is 15.2. The van der Waals surface area contributed by atoms with E-state index in [1.165, 1.54) is 0 Å². The fraction of sp³-hybridized carbons (Fsp3) is 0.579. The van der Waals surface area contributed by atoms with Gasteiger partial charge in [-0.05, 0) is 38.3 Å². The third-order valence-corrected chi connectivity index (χ3v) is 5.26. The minimum Gasteiger partial charge on any atom is -0.465 e. The molecule has 1 saturated heterocycles. The summed E-state index contributed by atoms with van der Waals surface area (Å²) in [5, 5.41) is 7.47. The number of furan rings is 1. The number of carbonyl (C=O) groups excluding carboxylic acids is 1. The number of rotatable bonds is 5. The normalized spacial score (nSPS) is 19.1. The van der Waals surface area contributed by atoms with E-state index in [0.717, 1.165) is 56.1 Å². The smallest absolute Gasteiger partial charge is 0.254 e. The molecule has 7 heteroatoms. The molecule has 2 aromatic heterocycles.